The molecule has 0 unspecified atom stereocenters. The maximum absolute atomic E-state index is 11.3. The van der Waals surface area contributed by atoms with Gasteiger partial charge in [0.15, 0.2) is 0 Å². The van der Waals surface area contributed by atoms with E-state index in [0.717, 1.165) is 11.1 Å². The minimum Gasteiger partial charge on any atom is -0.282 e. The molecule has 4 heteroatoms. The zero-order chi connectivity index (χ0) is 13.1. The first-order valence-corrected chi connectivity index (χ1v) is 6.53. The first-order valence-electron chi connectivity index (χ1n) is 5.33. The molecule has 0 saturated carbocycles. The average Bonchev–Trinajstić information content (AvgIpc) is 2.33. The monoisotopic (exact) mass is 296 g/mol. The third-order valence-corrected chi connectivity index (χ3v) is 3.51. The van der Waals surface area contributed by atoms with Crippen molar-refractivity contribution in [2.75, 3.05) is 0 Å². The van der Waals surface area contributed by atoms with E-state index in [9.17, 15) is 4.79 Å². The van der Waals surface area contributed by atoms with Gasteiger partial charge in [0.25, 0.3) is 0 Å². The first-order chi connectivity index (χ1) is 8.58. The summed E-state index contributed by atoms with van der Waals surface area (Å²) in [7, 11) is 0. The zero-order valence-corrected chi connectivity index (χ0v) is 11.8. The Balaban J connectivity index is 2.39. The summed E-state index contributed by atoms with van der Waals surface area (Å²) in [5, 5.41) is 0.532. The molecular weight excluding hydrogens is 287 g/mol. The minimum absolute atomic E-state index is 0.330. The standard InChI is InChI=1S/C14H10Cl2OS/c15-12-8-13(16)11(14(17)18)7-10(12)6-9-4-2-1-3-5-9/h1-5,7-8H,6H2,(H,17,18). The Hall–Kier alpha value is -0.960. The summed E-state index contributed by atoms with van der Waals surface area (Å²) in [6, 6.07) is 13.2. The Bertz CT molecular complexity index is 582. The van der Waals surface area contributed by atoms with Crippen LogP contribution in [0.1, 0.15) is 21.5 Å². The van der Waals surface area contributed by atoms with Crippen LogP contribution in [0.25, 0.3) is 0 Å². The molecule has 0 heterocycles. The van der Waals surface area contributed by atoms with Crippen LogP contribution in [0, 0.1) is 0 Å². The molecule has 92 valence electrons. The van der Waals surface area contributed by atoms with Crippen LogP contribution in [0.2, 0.25) is 10.0 Å². The predicted octanol–water partition coefficient (Wildman–Crippen LogP) is 4.65. The highest BCUT2D eigenvalue weighted by Crippen LogP contribution is 2.28. The Kier molecular flexibility index (Phi) is 4.33. The summed E-state index contributed by atoms with van der Waals surface area (Å²) < 4.78 is 0. The Morgan fingerprint density at radius 3 is 2.33 bits per heavy atom. The largest absolute Gasteiger partial charge is 0.282 e. The fourth-order valence-corrected chi connectivity index (χ4v) is 2.50. The number of carbonyl (C=O) groups is 1. The van der Waals surface area contributed by atoms with Gasteiger partial charge in [-0.25, -0.2) is 0 Å². The summed E-state index contributed by atoms with van der Waals surface area (Å²) >= 11 is 15.9. The van der Waals surface area contributed by atoms with E-state index in [0.29, 0.717) is 22.0 Å². The summed E-state index contributed by atoms with van der Waals surface area (Å²) in [6.45, 7) is 0. The van der Waals surface area contributed by atoms with Crippen LogP contribution < -0.4 is 0 Å². The Morgan fingerprint density at radius 1 is 1.06 bits per heavy atom. The van der Waals surface area contributed by atoms with Crippen molar-refractivity contribution in [3.8, 4) is 0 Å². The van der Waals surface area contributed by atoms with Gasteiger partial charge < -0.3 is 0 Å². The molecule has 0 N–H and O–H groups in total. The van der Waals surface area contributed by atoms with Gasteiger partial charge in [-0.1, -0.05) is 53.5 Å². The van der Waals surface area contributed by atoms with E-state index in [-0.39, 0.29) is 5.12 Å². The molecule has 0 aromatic heterocycles. The molecule has 0 fully saturated rings. The minimum atomic E-state index is -0.356. The number of carbonyl (C=O) groups excluding carboxylic acids is 1. The van der Waals surface area contributed by atoms with Gasteiger partial charge in [0.1, 0.15) is 0 Å². The first kappa shape index (κ1) is 13.5. The van der Waals surface area contributed by atoms with Crippen LogP contribution in [0.4, 0.5) is 0 Å². The summed E-state index contributed by atoms with van der Waals surface area (Å²) in [5.41, 5.74) is 2.37. The van der Waals surface area contributed by atoms with Gasteiger partial charge in [-0.3, -0.25) is 4.79 Å². The lowest BCUT2D eigenvalue weighted by atomic mass is 10.0. The number of benzene rings is 2. The van der Waals surface area contributed by atoms with E-state index in [1.165, 1.54) is 0 Å². The number of rotatable bonds is 3. The molecule has 0 saturated heterocycles. The van der Waals surface area contributed by atoms with E-state index < -0.39 is 0 Å². The molecule has 0 radical (unpaired) electrons. The third-order valence-electron chi connectivity index (χ3n) is 2.60. The van der Waals surface area contributed by atoms with E-state index in [1.54, 1.807) is 12.1 Å². The van der Waals surface area contributed by atoms with Crippen LogP contribution in [0.3, 0.4) is 0 Å². The second-order valence-corrected chi connectivity index (χ2v) is 5.11. The molecule has 0 atom stereocenters. The SMILES string of the molecule is O=C(S)c1cc(Cc2ccccc2)c(Cl)cc1Cl. The molecule has 2 rings (SSSR count). The Labute approximate surface area is 121 Å². The summed E-state index contributed by atoms with van der Waals surface area (Å²) in [4.78, 5) is 11.3. The maximum Gasteiger partial charge on any atom is 0.217 e. The van der Waals surface area contributed by atoms with Crippen LogP contribution >= 0.6 is 35.8 Å². The second-order valence-electron chi connectivity index (χ2n) is 3.89. The van der Waals surface area contributed by atoms with E-state index in [1.807, 2.05) is 30.3 Å². The van der Waals surface area contributed by atoms with Crippen molar-refractivity contribution in [3.63, 3.8) is 0 Å². The van der Waals surface area contributed by atoms with Crippen molar-refractivity contribution in [1.82, 2.24) is 0 Å². The molecule has 2 aromatic rings. The predicted molar refractivity (Wildman–Crippen MR) is 79.0 cm³/mol. The second kappa shape index (κ2) is 5.79. The average molecular weight is 297 g/mol. The highest BCUT2D eigenvalue weighted by molar-refractivity contribution is 7.97. The molecule has 0 amide bonds. The molecule has 18 heavy (non-hydrogen) atoms. The van der Waals surface area contributed by atoms with Gasteiger partial charge in [0.05, 0.1) is 5.02 Å². The van der Waals surface area contributed by atoms with Crippen LogP contribution in [0.5, 0.6) is 0 Å². The van der Waals surface area contributed by atoms with Gasteiger partial charge in [0, 0.05) is 10.6 Å². The van der Waals surface area contributed by atoms with Crippen molar-refractivity contribution in [3.05, 3.63) is 69.2 Å². The summed E-state index contributed by atoms with van der Waals surface area (Å²) in [5.74, 6) is 0. The van der Waals surface area contributed by atoms with E-state index >= 15 is 0 Å². The molecule has 0 aliphatic rings. The van der Waals surface area contributed by atoms with Gasteiger partial charge in [0.2, 0.25) is 5.12 Å². The van der Waals surface area contributed by atoms with E-state index in [4.69, 9.17) is 23.2 Å². The molecule has 2 aromatic carbocycles. The molecule has 1 nitrogen and oxygen atoms in total. The number of halogens is 2. The molecular formula is C14H10Cl2OS. The van der Waals surface area contributed by atoms with Gasteiger partial charge >= 0.3 is 0 Å². The molecule has 0 aliphatic heterocycles. The lowest BCUT2D eigenvalue weighted by Crippen LogP contribution is -1.96. The van der Waals surface area contributed by atoms with Crippen molar-refractivity contribution < 1.29 is 4.79 Å². The molecule has 0 bridgehead atoms. The third kappa shape index (κ3) is 3.08. The lowest BCUT2D eigenvalue weighted by molar-refractivity contribution is 0.109. The molecule has 0 aliphatic carbocycles. The number of hydrogen-bond donors (Lipinski definition) is 1. The van der Waals surface area contributed by atoms with Crippen LogP contribution in [0.15, 0.2) is 42.5 Å². The fourth-order valence-electron chi connectivity index (χ4n) is 1.71. The number of thiol groups is 1. The van der Waals surface area contributed by atoms with E-state index in [2.05, 4.69) is 12.6 Å². The van der Waals surface area contributed by atoms with Crippen molar-refractivity contribution in [2.24, 2.45) is 0 Å². The highest BCUT2D eigenvalue weighted by Gasteiger charge is 2.11. The van der Waals surface area contributed by atoms with Gasteiger partial charge in [-0.2, -0.15) is 0 Å². The smallest absolute Gasteiger partial charge is 0.217 e. The van der Waals surface area contributed by atoms with Crippen LogP contribution in [-0.4, -0.2) is 5.12 Å². The highest BCUT2D eigenvalue weighted by atomic mass is 35.5. The topological polar surface area (TPSA) is 17.1 Å². The normalized spacial score (nSPS) is 10.4. The van der Waals surface area contributed by atoms with Gasteiger partial charge in [-0.05, 0) is 29.7 Å². The fraction of sp³-hybridized carbons (Fsp3) is 0.0714. The Morgan fingerprint density at radius 2 is 1.72 bits per heavy atom. The van der Waals surface area contributed by atoms with Crippen molar-refractivity contribution in [1.29, 1.82) is 0 Å². The maximum atomic E-state index is 11.3. The zero-order valence-electron chi connectivity index (χ0n) is 9.36. The molecule has 0 spiro atoms. The van der Waals surface area contributed by atoms with Crippen LogP contribution in [-0.2, 0) is 6.42 Å². The van der Waals surface area contributed by atoms with Crippen molar-refractivity contribution in [2.45, 2.75) is 6.42 Å². The quantitative estimate of drug-likeness (QED) is 0.816. The number of hydrogen-bond acceptors (Lipinski definition) is 1. The van der Waals surface area contributed by atoms with Crippen molar-refractivity contribution >= 4 is 40.9 Å². The summed E-state index contributed by atoms with van der Waals surface area (Å²) in [6.07, 6.45) is 0.658. The van der Waals surface area contributed by atoms with Gasteiger partial charge in [-0.15, -0.1) is 12.6 Å². The lowest BCUT2D eigenvalue weighted by Gasteiger charge is -2.08.